The molecule has 0 saturated carbocycles. The molecule has 0 aromatic heterocycles. The van der Waals surface area contributed by atoms with E-state index in [0.29, 0.717) is 6.54 Å². The van der Waals surface area contributed by atoms with Crippen LogP contribution in [0.4, 0.5) is 0 Å². The van der Waals surface area contributed by atoms with E-state index < -0.39 is 11.6 Å². The maximum absolute atomic E-state index is 11.7. The summed E-state index contributed by atoms with van der Waals surface area (Å²) in [5.74, 6) is 0.0802. The molecule has 0 radical (unpaired) electrons. The largest absolute Gasteiger partial charge is 0.391 e. The van der Waals surface area contributed by atoms with Gasteiger partial charge in [0.15, 0.2) is 0 Å². The van der Waals surface area contributed by atoms with Crippen LogP contribution in [0.1, 0.15) is 34.6 Å². The van der Waals surface area contributed by atoms with Crippen molar-refractivity contribution in [3.05, 3.63) is 0 Å². The quantitative estimate of drug-likeness (QED) is 0.606. The van der Waals surface area contributed by atoms with E-state index in [2.05, 4.69) is 10.6 Å². The van der Waals surface area contributed by atoms with Crippen molar-refractivity contribution >= 4 is 5.91 Å². The molecule has 4 nitrogen and oxygen atoms in total. The fourth-order valence-corrected chi connectivity index (χ4v) is 1.18. The molecule has 4 heteroatoms. The number of carbonyl (C=O) groups excluding carboxylic acids is 1. The average Bonchev–Trinajstić information content (AvgIpc) is 2.13. The maximum Gasteiger partial charge on any atom is 0.239 e. The molecule has 0 aromatic carbocycles. The molecule has 1 atom stereocenters. The molecule has 0 bridgehead atoms. The van der Waals surface area contributed by atoms with E-state index in [1.54, 1.807) is 0 Å². The lowest BCUT2D eigenvalue weighted by Gasteiger charge is -2.25. The van der Waals surface area contributed by atoms with E-state index in [9.17, 15) is 9.90 Å². The smallest absolute Gasteiger partial charge is 0.239 e. The van der Waals surface area contributed by atoms with Crippen LogP contribution in [0.5, 0.6) is 0 Å². The second kappa shape index (κ2) is 6.08. The molecule has 0 aliphatic rings. The predicted octanol–water partition coefficient (Wildman–Crippen LogP) is 0.508. The van der Waals surface area contributed by atoms with Crippen LogP contribution in [0.2, 0.25) is 0 Å². The van der Waals surface area contributed by atoms with Crippen LogP contribution in [0, 0.1) is 5.92 Å². The summed E-state index contributed by atoms with van der Waals surface area (Å²) >= 11 is 0. The van der Waals surface area contributed by atoms with Crippen LogP contribution in [-0.2, 0) is 4.79 Å². The van der Waals surface area contributed by atoms with Crippen LogP contribution < -0.4 is 10.6 Å². The Bertz CT molecular complexity index is 203. The number of hydrogen-bond donors (Lipinski definition) is 3. The highest BCUT2D eigenvalue weighted by molar-refractivity contribution is 5.85. The SMILES string of the molecule is CCNC(C)(C)C(=O)NCC(O)C(C)C. The third-order valence-electron chi connectivity index (χ3n) is 2.43. The Morgan fingerprint density at radius 3 is 2.33 bits per heavy atom. The first-order valence-electron chi connectivity index (χ1n) is 5.52. The normalized spacial score (nSPS) is 14.1. The number of rotatable bonds is 6. The molecule has 0 aromatic rings. The Balaban J connectivity index is 4.03. The minimum absolute atomic E-state index is 0.0796. The van der Waals surface area contributed by atoms with Gasteiger partial charge in [-0.1, -0.05) is 20.8 Å². The van der Waals surface area contributed by atoms with Gasteiger partial charge in [-0.2, -0.15) is 0 Å². The van der Waals surface area contributed by atoms with Gasteiger partial charge in [0.1, 0.15) is 0 Å². The van der Waals surface area contributed by atoms with Crippen molar-refractivity contribution in [2.75, 3.05) is 13.1 Å². The van der Waals surface area contributed by atoms with Crippen molar-refractivity contribution in [2.24, 2.45) is 5.92 Å². The third-order valence-corrected chi connectivity index (χ3v) is 2.43. The Kier molecular flexibility index (Phi) is 5.83. The number of carbonyl (C=O) groups is 1. The molecule has 0 fully saturated rings. The summed E-state index contributed by atoms with van der Waals surface area (Å²) in [6, 6.07) is 0. The van der Waals surface area contributed by atoms with Gasteiger partial charge in [0.25, 0.3) is 0 Å². The van der Waals surface area contributed by atoms with E-state index in [1.807, 2.05) is 34.6 Å². The van der Waals surface area contributed by atoms with Crippen molar-refractivity contribution in [3.8, 4) is 0 Å². The monoisotopic (exact) mass is 216 g/mol. The molecule has 15 heavy (non-hydrogen) atoms. The van der Waals surface area contributed by atoms with E-state index in [-0.39, 0.29) is 11.8 Å². The lowest BCUT2D eigenvalue weighted by molar-refractivity contribution is -0.127. The molecule has 0 saturated heterocycles. The fourth-order valence-electron chi connectivity index (χ4n) is 1.18. The average molecular weight is 216 g/mol. The summed E-state index contributed by atoms with van der Waals surface area (Å²) in [6.45, 7) is 10.5. The summed E-state index contributed by atoms with van der Waals surface area (Å²) in [5.41, 5.74) is -0.578. The van der Waals surface area contributed by atoms with Crippen LogP contribution in [0.15, 0.2) is 0 Å². The fraction of sp³-hybridized carbons (Fsp3) is 0.909. The van der Waals surface area contributed by atoms with Gasteiger partial charge in [-0.15, -0.1) is 0 Å². The molecular weight excluding hydrogens is 192 g/mol. The van der Waals surface area contributed by atoms with Crippen molar-refractivity contribution in [1.29, 1.82) is 0 Å². The van der Waals surface area contributed by atoms with Crippen molar-refractivity contribution in [2.45, 2.75) is 46.3 Å². The standard InChI is InChI=1S/C11H24N2O2/c1-6-13-11(4,5)10(15)12-7-9(14)8(2)3/h8-9,13-14H,6-7H2,1-5H3,(H,12,15). The van der Waals surface area contributed by atoms with Gasteiger partial charge in [-0.05, 0) is 26.3 Å². The highest BCUT2D eigenvalue weighted by atomic mass is 16.3. The topological polar surface area (TPSA) is 61.4 Å². The molecule has 1 amide bonds. The summed E-state index contributed by atoms with van der Waals surface area (Å²) < 4.78 is 0. The van der Waals surface area contributed by atoms with Gasteiger partial charge < -0.3 is 15.7 Å². The highest BCUT2D eigenvalue weighted by Crippen LogP contribution is 2.03. The first-order valence-corrected chi connectivity index (χ1v) is 5.52. The molecule has 0 aliphatic heterocycles. The van der Waals surface area contributed by atoms with Crippen molar-refractivity contribution in [3.63, 3.8) is 0 Å². The van der Waals surface area contributed by atoms with Gasteiger partial charge in [-0.3, -0.25) is 4.79 Å². The molecular formula is C11H24N2O2. The van der Waals surface area contributed by atoms with Gasteiger partial charge in [0.05, 0.1) is 11.6 Å². The first kappa shape index (κ1) is 14.4. The lowest BCUT2D eigenvalue weighted by Crippen LogP contribution is -2.54. The number of amides is 1. The third kappa shape index (κ3) is 5.14. The molecule has 0 aliphatic carbocycles. The van der Waals surface area contributed by atoms with Gasteiger partial charge in [0.2, 0.25) is 5.91 Å². The lowest BCUT2D eigenvalue weighted by atomic mass is 10.0. The predicted molar refractivity (Wildman–Crippen MR) is 61.6 cm³/mol. The first-order chi connectivity index (χ1) is 6.81. The van der Waals surface area contributed by atoms with Crippen LogP contribution >= 0.6 is 0 Å². The van der Waals surface area contributed by atoms with E-state index in [4.69, 9.17) is 0 Å². The Morgan fingerprint density at radius 2 is 1.93 bits per heavy atom. The second-order valence-corrected chi connectivity index (χ2v) is 4.68. The highest BCUT2D eigenvalue weighted by Gasteiger charge is 2.26. The Morgan fingerprint density at radius 1 is 1.40 bits per heavy atom. The van der Waals surface area contributed by atoms with Gasteiger partial charge in [-0.25, -0.2) is 0 Å². The van der Waals surface area contributed by atoms with E-state index in [0.717, 1.165) is 6.54 Å². The van der Waals surface area contributed by atoms with Crippen LogP contribution in [-0.4, -0.2) is 35.7 Å². The number of aliphatic hydroxyl groups excluding tert-OH is 1. The van der Waals surface area contributed by atoms with E-state index in [1.165, 1.54) is 0 Å². The molecule has 0 heterocycles. The van der Waals surface area contributed by atoms with Crippen LogP contribution in [0.3, 0.4) is 0 Å². The zero-order valence-electron chi connectivity index (χ0n) is 10.4. The van der Waals surface area contributed by atoms with Crippen molar-refractivity contribution < 1.29 is 9.90 Å². The zero-order valence-corrected chi connectivity index (χ0v) is 10.4. The number of nitrogens with one attached hydrogen (secondary N) is 2. The number of hydrogen-bond acceptors (Lipinski definition) is 3. The van der Waals surface area contributed by atoms with Crippen molar-refractivity contribution in [1.82, 2.24) is 10.6 Å². The Labute approximate surface area is 92.4 Å². The van der Waals surface area contributed by atoms with Gasteiger partial charge in [0, 0.05) is 6.54 Å². The second-order valence-electron chi connectivity index (χ2n) is 4.68. The minimum atomic E-state index is -0.578. The minimum Gasteiger partial charge on any atom is -0.391 e. The molecule has 0 spiro atoms. The Hall–Kier alpha value is -0.610. The maximum atomic E-state index is 11.7. The summed E-state index contributed by atoms with van der Waals surface area (Å²) in [4.78, 5) is 11.7. The molecule has 3 N–H and O–H groups in total. The number of aliphatic hydroxyl groups is 1. The molecule has 1 unspecified atom stereocenters. The summed E-state index contributed by atoms with van der Waals surface area (Å²) in [5, 5.41) is 15.4. The van der Waals surface area contributed by atoms with Crippen LogP contribution in [0.25, 0.3) is 0 Å². The summed E-state index contributed by atoms with van der Waals surface area (Å²) in [7, 11) is 0. The van der Waals surface area contributed by atoms with E-state index >= 15 is 0 Å². The molecule has 0 rings (SSSR count). The number of likely N-dealkylation sites (N-methyl/N-ethyl adjacent to an activating group) is 1. The molecule has 90 valence electrons. The van der Waals surface area contributed by atoms with Gasteiger partial charge >= 0.3 is 0 Å². The summed E-state index contributed by atoms with van der Waals surface area (Å²) in [6.07, 6.45) is -0.480. The zero-order chi connectivity index (χ0) is 12.1.